The molecule has 0 radical (unpaired) electrons. The van der Waals surface area contributed by atoms with Crippen LogP contribution >= 0.6 is 0 Å². The maximum Gasteiger partial charge on any atom is 0.416 e. The van der Waals surface area contributed by atoms with E-state index < -0.39 is 17.7 Å². The Morgan fingerprint density at radius 1 is 0.951 bits per heavy atom. The third-order valence-electron chi connectivity index (χ3n) is 6.41. The number of nitrogens with zero attached hydrogens (tertiary/aromatic N) is 4. The lowest BCUT2D eigenvalue weighted by Gasteiger charge is -2.10. The van der Waals surface area contributed by atoms with E-state index in [4.69, 9.17) is 9.47 Å². The van der Waals surface area contributed by atoms with E-state index in [-0.39, 0.29) is 5.69 Å². The smallest absolute Gasteiger partial charge is 0.416 e. The number of esters is 1. The second kappa shape index (κ2) is 9.97. The number of rotatable bonds is 6. The highest BCUT2D eigenvalue weighted by atomic mass is 19.4. The molecule has 0 aliphatic heterocycles. The number of imidazole rings is 2. The van der Waals surface area contributed by atoms with Crippen LogP contribution in [0.1, 0.15) is 15.9 Å². The van der Waals surface area contributed by atoms with Gasteiger partial charge < -0.3 is 24.3 Å². The van der Waals surface area contributed by atoms with E-state index in [1.807, 2.05) is 6.07 Å². The average Bonchev–Trinajstić information content (AvgIpc) is 3.52. The lowest BCUT2D eigenvalue weighted by Crippen LogP contribution is -2.06. The summed E-state index contributed by atoms with van der Waals surface area (Å²) in [5.41, 5.74) is 3.13. The molecule has 6 aromatic rings. The molecule has 0 saturated carbocycles. The van der Waals surface area contributed by atoms with Gasteiger partial charge in [-0.15, -0.1) is 0 Å². The van der Waals surface area contributed by atoms with Gasteiger partial charge in [-0.3, -0.25) is 4.98 Å². The molecule has 41 heavy (non-hydrogen) atoms. The van der Waals surface area contributed by atoms with Gasteiger partial charge >= 0.3 is 12.1 Å². The zero-order chi connectivity index (χ0) is 28.7. The number of hydrogen-bond donors (Lipinski definition) is 2. The first-order chi connectivity index (χ1) is 19.7. The van der Waals surface area contributed by atoms with Crippen molar-refractivity contribution in [2.24, 2.45) is 7.05 Å². The minimum absolute atomic E-state index is 0.270. The first-order valence-electron chi connectivity index (χ1n) is 12.3. The number of alkyl halides is 3. The number of H-pyrrole nitrogens is 1. The van der Waals surface area contributed by atoms with E-state index in [2.05, 4.69) is 25.3 Å². The number of carbonyl (C=O) groups is 1. The van der Waals surface area contributed by atoms with Crippen molar-refractivity contribution in [3.8, 4) is 23.0 Å². The number of fused-ring (bicyclic) bond motifs is 2. The van der Waals surface area contributed by atoms with Gasteiger partial charge in [0.1, 0.15) is 17.2 Å². The number of anilines is 2. The number of benzene rings is 3. The Hall–Kier alpha value is -5.39. The van der Waals surface area contributed by atoms with E-state index >= 15 is 0 Å². The second-order valence-electron chi connectivity index (χ2n) is 9.14. The van der Waals surface area contributed by atoms with Crippen LogP contribution in [0.25, 0.3) is 33.6 Å². The predicted molar refractivity (Wildman–Crippen MR) is 146 cm³/mol. The summed E-state index contributed by atoms with van der Waals surface area (Å²) >= 11 is 0. The zero-order valence-electron chi connectivity index (χ0n) is 21.7. The molecule has 0 spiro atoms. The molecule has 0 bridgehead atoms. The molecule has 0 aliphatic rings. The Kier molecular flexibility index (Phi) is 6.29. The molecule has 6 rings (SSSR count). The maximum atomic E-state index is 13.1. The van der Waals surface area contributed by atoms with Crippen molar-refractivity contribution in [1.82, 2.24) is 24.5 Å². The van der Waals surface area contributed by atoms with Crippen molar-refractivity contribution in [3.63, 3.8) is 0 Å². The van der Waals surface area contributed by atoms with Crippen molar-refractivity contribution in [2.75, 3.05) is 12.4 Å². The second-order valence-corrected chi connectivity index (χ2v) is 9.14. The Balaban J connectivity index is 1.24. The molecule has 206 valence electrons. The molecular weight excluding hydrogens is 537 g/mol. The summed E-state index contributed by atoms with van der Waals surface area (Å²) in [6.45, 7) is 0. The molecule has 0 atom stereocenters. The first kappa shape index (κ1) is 25.9. The normalized spacial score (nSPS) is 11.6. The van der Waals surface area contributed by atoms with Crippen LogP contribution in [0.15, 0.2) is 79.0 Å². The molecule has 0 unspecified atom stereocenters. The maximum absolute atomic E-state index is 13.1. The lowest BCUT2D eigenvalue weighted by molar-refractivity contribution is -0.137. The number of aryl methyl sites for hydroxylation is 1. The first-order valence-corrected chi connectivity index (χ1v) is 12.3. The average molecular weight is 559 g/mol. The summed E-state index contributed by atoms with van der Waals surface area (Å²) in [7, 11) is 3.09. The van der Waals surface area contributed by atoms with Gasteiger partial charge in [-0.1, -0.05) is 6.07 Å². The van der Waals surface area contributed by atoms with Crippen LogP contribution in [0, 0.1) is 0 Å². The molecule has 0 aliphatic carbocycles. The Morgan fingerprint density at radius 2 is 1.78 bits per heavy atom. The number of aromatic amines is 1. The van der Waals surface area contributed by atoms with Crippen molar-refractivity contribution < 1.29 is 27.4 Å². The van der Waals surface area contributed by atoms with Crippen molar-refractivity contribution in [2.45, 2.75) is 6.18 Å². The fourth-order valence-corrected chi connectivity index (χ4v) is 4.37. The summed E-state index contributed by atoms with van der Waals surface area (Å²) < 4.78 is 51.9. The van der Waals surface area contributed by atoms with Gasteiger partial charge in [-0.05, 0) is 54.6 Å². The molecule has 3 heterocycles. The number of hydrogen-bond acceptors (Lipinski definition) is 7. The molecule has 0 saturated heterocycles. The summed E-state index contributed by atoms with van der Waals surface area (Å²) in [6, 6.07) is 18.7. The number of methoxy groups -OCH3 is 1. The minimum atomic E-state index is -4.44. The lowest BCUT2D eigenvalue weighted by atomic mass is 10.2. The summed E-state index contributed by atoms with van der Waals surface area (Å²) in [5.74, 6) is 1.44. The SMILES string of the molecule is COC(=O)c1ccc2nc(-c3cc(Oc4ccc5c(c4)nc(Nc4cccc(C(F)(F)F)c4)n5C)ccn3)[nH]c2c1. The van der Waals surface area contributed by atoms with Gasteiger partial charge in [0.15, 0.2) is 5.82 Å². The monoisotopic (exact) mass is 558 g/mol. The molecule has 9 nitrogen and oxygen atoms in total. The molecule has 3 aromatic carbocycles. The van der Waals surface area contributed by atoms with Crippen LogP contribution in [0.5, 0.6) is 11.5 Å². The van der Waals surface area contributed by atoms with Crippen molar-refractivity contribution in [3.05, 3.63) is 90.1 Å². The Labute approximate surface area is 230 Å². The highest BCUT2D eigenvalue weighted by Gasteiger charge is 2.30. The summed E-state index contributed by atoms with van der Waals surface area (Å²) in [6.07, 6.45) is -2.85. The number of halogens is 3. The van der Waals surface area contributed by atoms with Gasteiger partial charge in [0, 0.05) is 31.1 Å². The largest absolute Gasteiger partial charge is 0.465 e. The quantitative estimate of drug-likeness (QED) is 0.215. The van der Waals surface area contributed by atoms with E-state index in [9.17, 15) is 18.0 Å². The Morgan fingerprint density at radius 3 is 2.59 bits per heavy atom. The molecule has 2 N–H and O–H groups in total. The Bertz CT molecular complexity index is 1930. The van der Waals surface area contributed by atoms with Crippen LogP contribution in [0.3, 0.4) is 0 Å². The fraction of sp³-hybridized carbons (Fsp3) is 0.103. The molecule has 0 fully saturated rings. The van der Waals surface area contributed by atoms with Gasteiger partial charge in [-0.25, -0.2) is 14.8 Å². The fourth-order valence-electron chi connectivity index (χ4n) is 4.37. The molecule has 3 aromatic heterocycles. The minimum Gasteiger partial charge on any atom is -0.465 e. The number of aromatic nitrogens is 5. The number of nitrogens with one attached hydrogen (secondary N) is 2. The molecule has 0 amide bonds. The van der Waals surface area contributed by atoms with Crippen LogP contribution in [-0.4, -0.2) is 37.6 Å². The highest BCUT2D eigenvalue weighted by molar-refractivity contribution is 5.94. The third kappa shape index (κ3) is 5.14. The standard InChI is InChI=1S/C29H21F3N6O3/c1-38-25-9-7-19(14-23(25)37-28(38)34-18-5-3-4-17(13-18)29(30,31)32)41-20-10-11-33-24(15-20)26-35-21-8-6-16(27(39)40-2)12-22(21)36-26/h3-15H,1-2H3,(H,34,37)(H,35,36). The number of carbonyl (C=O) groups excluding carboxylic acids is 1. The van der Waals surface area contributed by atoms with Gasteiger partial charge in [0.05, 0.1) is 40.3 Å². The van der Waals surface area contributed by atoms with Crippen molar-refractivity contribution in [1.29, 1.82) is 0 Å². The molecule has 12 heteroatoms. The van der Waals surface area contributed by atoms with E-state index in [1.165, 1.54) is 13.2 Å². The summed E-state index contributed by atoms with van der Waals surface area (Å²) in [5, 5.41) is 2.96. The van der Waals surface area contributed by atoms with E-state index in [0.717, 1.165) is 17.6 Å². The van der Waals surface area contributed by atoms with E-state index in [0.29, 0.717) is 51.1 Å². The topological polar surface area (TPSA) is 107 Å². The van der Waals surface area contributed by atoms with Crippen molar-refractivity contribution >= 4 is 39.7 Å². The highest BCUT2D eigenvalue weighted by Crippen LogP contribution is 2.33. The zero-order valence-corrected chi connectivity index (χ0v) is 21.7. The van der Waals surface area contributed by atoms with Crippen LogP contribution in [-0.2, 0) is 18.0 Å². The van der Waals surface area contributed by atoms with Gasteiger partial charge in [-0.2, -0.15) is 13.2 Å². The van der Waals surface area contributed by atoms with Crippen LogP contribution < -0.4 is 10.1 Å². The van der Waals surface area contributed by atoms with Crippen LogP contribution in [0.2, 0.25) is 0 Å². The predicted octanol–water partition coefficient (Wildman–Crippen LogP) is 6.85. The summed E-state index contributed by atoms with van der Waals surface area (Å²) in [4.78, 5) is 28.5. The molecular formula is C29H21F3N6O3. The van der Waals surface area contributed by atoms with Gasteiger partial charge in [0.2, 0.25) is 5.95 Å². The van der Waals surface area contributed by atoms with Crippen LogP contribution in [0.4, 0.5) is 24.8 Å². The van der Waals surface area contributed by atoms with Gasteiger partial charge in [0.25, 0.3) is 0 Å². The number of ether oxygens (including phenoxy) is 2. The number of pyridine rings is 1. The van der Waals surface area contributed by atoms with E-state index in [1.54, 1.807) is 66.3 Å². The third-order valence-corrected chi connectivity index (χ3v) is 6.41.